The number of nitrogens with zero attached hydrogens (tertiary/aromatic N) is 1. The quantitative estimate of drug-likeness (QED) is 0.452. The van der Waals surface area contributed by atoms with E-state index in [1.807, 2.05) is 0 Å². The molecule has 0 aromatic heterocycles. The van der Waals surface area contributed by atoms with Gasteiger partial charge in [0.25, 0.3) is 0 Å². The number of nitrogens with two attached hydrogens (primary N) is 1. The summed E-state index contributed by atoms with van der Waals surface area (Å²) in [5.74, 6) is -1.15. The minimum Gasteiger partial charge on any atom is -0.478 e. The number of carboxylic acids is 1. The topological polar surface area (TPSA) is 101 Å². The normalized spacial score (nSPS) is 11.5. The highest BCUT2D eigenvalue weighted by atomic mass is 32.2. The van der Waals surface area contributed by atoms with Gasteiger partial charge in [-0.15, -0.1) is 6.58 Å². The Morgan fingerprint density at radius 2 is 2.15 bits per heavy atom. The Morgan fingerprint density at radius 3 is 2.65 bits per heavy atom. The minimum atomic E-state index is -3.71. The van der Waals surface area contributed by atoms with Crippen LogP contribution in [0.3, 0.4) is 0 Å². The van der Waals surface area contributed by atoms with E-state index < -0.39 is 16.0 Å². The molecule has 110 valence electrons. The van der Waals surface area contributed by atoms with Crippen LogP contribution < -0.4 is 5.73 Å². The van der Waals surface area contributed by atoms with Crippen LogP contribution in [0.15, 0.2) is 35.7 Å². The molecular weight excluding hydrogens is 280 g/mol. The first-order valence-electron chi connectivity index (χ1n) is 6.00. The van der Waals surface area contributed by atoms with E-state index in [0.29, 0.717) is 19.4 Å². The maximum absolute atomic E-state index is 12.3. The summed E-state index contributed by atoms with van der Waals surface area (Å²) < 4.78 is 25.8. The molecule has 1 rings (SSSR count). The van der Waals surface area contributed by atoms with Crippen molar-refractivity contribution >= 4 is 21.7 Å². The Kier molecular flexibility index (Phi) is 5.29. The second-order valence-corrected chi connectivity index (χ2v) is 6.33. The maximum atomic E-state index is 12.3. The predicted molar refractivity (Wildman–Crippen MR) is 77.1 cm³/mol. The fraction of sp³-hybridized carbons (Fsp3) is 0.308. The molecule has 20 heavy (non-hydrogen) atoms. The van der Waals surface area contributed by atoms with Gasteiger partial charge >= 0.3 is 5.97 Å². The molecule has 0 fully saturated rings. The van der Waals surface area contributed by atoms with Crippen molar-refractivity contribution in [1.29, 1.82) is 0 Å². The van der Waals surface area contributed by atoms with E-state index in [-0.39, 0.29) is 16.1 Å². The lowest BCUT2D eigenvalue weighted by molar-refractivity contribution is 0.0697. The number of carbonyl (C=O) groups is 1. The molecule has 0 aliphatic heterocycles. The number of hydrogen-bond donors (Lipinski definition) is 2. The van der Waals surface area contributed by atoms with E-state index in [4.69, 9.17) is 10.8 Å². The van der Waals surface area contributed by atoms with Gasteiger partial charge in [-0.2, -0.15) is 0 Å². The summed E-state index contributed by atoms with van der Waals surface area (Å²) in [4.78, 5) is 10.7. The van der Waals surface area contributed by atoms with Gasteiger partial charge in [-0.25, -0.2) is 17.5 Å². The molecule has 0 saturated heterocycles. The third-order valence-electron chi connectivity index (χ3n) is 2.83. The zero-order valence-electron chi connectivity index (χ0n) is 11.2. The average molecular weight is 298 g/mol. The first-order valence-corrected chi connectivity index (χ1v) is 7.44. The van der Waals surface area contributed by atoms with Gasteiger partial charge in [0.05, 0.1) is 11.3 Å². The Labute approximate surface area is 118 Å². The average Bonchev–Trinajstić information content (AvgIpc) is 2.38. The fourth-order valence-electron chi connectivity index (χ4n) is 1.66. The van der Waals surface area contributed by atoms with Crippen LogP contribution in [0, 0.1) is 0 Å². The highest BCUT2D eigenvalue weighted by molar-refractivity contribution is 7.89. The maximum Gasteiger partial charge on any atom is 0.335 e. The molecular formula is C13H18N2O4S. The summed E-state index contributed by atoms with van der Waals surface area (Å²) >= 11 is 0. The van der Waals surface area contributed by atoms with Crippen LogP contribution in [0.25, 0.3) is 0 Å². The molecule has 0 unspecified atom stereocenters. The van der Waals surface area contributed by atoms with Gasteiger partial charge in [-0.1, -0.05) is 6.08 Å². The van der Waals surface area contributed by atoms with Gasteiger partial charge in [0.1, 0.15) is 4.90 Å². The van der Waals surface area contributed by atoms with Crippen molar-refractivity contribution in [3.63, 3.8) is 0 Å². The summed E-state index contributed by atoms with van der Waals surface area (Å²) in [6.45, 7) is 3.92. The van der Waals surface area contributed by atoms with Crippen molar-refractivity contribution < 1.29 is 18.3 Å². The van der Waals surface area contributed by atoms with Gasteiger partial charge in [-0.05, 0) is 31.0 Å². The van der Waals surface area contributed by atoms with Crippen molar-refractivity contribution in [2.24, 2.45) is 0 Å². The zero-order chi connectivity index (χ0) is 15.3. The molecule has 0 aliphatic rings. The van der Waals surface area contributed by atoms with E-state index in [9.17, 15) is 13.2 Å². The molecule has 3 N–H and O–H groups in total. The second kappa shape index (κ2) is 6.53. The lowest BCUT2D eigenvalue weighted by Gasteiger charge is -2.18. The first-order chi connectivity index (χ1) is 9.30. The van der Waals surface area contributed by atoms with Crippen LogP contribution in [0.2, 0.25) is 0 Å². The van der Waals surface area contributed by atoms with Crippen molar-refractivity contribution in [3.05, 3.63) is 36.4 Å². The van der Waals surface area contributed by atoms with Crippen LogP contribution in [0.1, 0.15) is 23.2 Å². The second-order valence-electron chi connectivity index (χ2n) is 4.32. The van der Waals surface area contributed by atoms with Crippen molar-refractivity contribution in [3.8, 4) is 0 Å². The molecule has 0 saturated carbocycles. The Balaban J connectivity index is 3.03. The summed E-state index contributed by atoms with van der Waals surface area (Å²) in [6.07, 6.45) is 3.09. The molecule has 0 atom stereocenters. The Hall–Kier alpha value is -1.86. The predicted octanol–water partition coefficient (Wildman–Crippen LogP) is 1.55. The molecule has 0 radical (unpaired) electrons. The lowest BCUT2D eigenvalue weighted by atomic mass is 10.2. The van der Waals surface area contributed by atoms with Crippen LogP contribution in [-0.2, 0) is 10.0 Å². The van der Waals surface area contributed by atoms with Gasteiger partial charge < -0.3 is 10.8 Å². The highest BCUT2D eigenvalue weighted by Crippen LogP contribution is 2.23. The summed E-state index contributed by atoms with van der Waals surface area (Å²) in [6, 6.07) is 3.59. The molecule has 1 aromatic carbocycles. The minimum absolute atomic E-state index is 0.0456. The van der Waals surface area contributed by atoms with Crippen LogP contribution in [0.4, 0.5) is 5.69 Å². The summed E-state index contributed by atoms with van der Waals surface area (Å²) in [5.41, 5.74) is 5.54. The molecule has 0 amide bonds. The summed E-state index contributed by atoms with van der Waals surface area (Å²) in [5, 5.41) is 8.83. The van der Waals surface area contributed by atoms with Crippen molar-refractivity contribution in [2.45, 2.75) is 17.7 Å². The van der Waals surface area contributed by atoms with Gasteiger partial charge in [0, 0.05) is 13.6 Å². The monoisotopic (exact) mass is 298 g/mol. The van der Waals surface area contributed by atoms with E-state index >= 15 is 0 Å². The van der Waals surface area contributed by atoms with Crippen LogP contribution in [0.5, 0.6) is 0 Å². The number of allylic oxidation sites excluding steroid dienone is 1. The van der Waals surface area contributed by atoms with Crippen molar-refractivity contribution in [2.75, 3.05) is 19.3 Å². The highest BCUT2D eigenvalue weighted by Gasteiger charge is 2.23. The number of rotatable bonds is 7. The zero-order valence-corrected chi connectivity index (χ0v) is 12.1. The standard InChI is InChI=1S/C13H18N2O4S/c1-3-4-5-8-15(2)20(18,19)12-7-6-10(13(16)17)9-11(12)14/h3,6-7,9H,1,4-5,8,14H2,2H3,(H,16,17). The SMILES string of the molecule is C=CCCCN(C)S(=O)(=O)c1ccc(C(=O)O)cc1N. The van der Waals surface area contributed by atoms with E-state index in [0.717, 1.165) is 6.07 Å². The Bertz CT molecular complexity index is 611. The number of hydrogen-bond acceptors (Lipinski definition) is 4. The largest absolute Gasteiger partial charge is 0.478 e. The molecule has 7 heteroatoms. The van der Waals surface area contributed by atoms with Gasteiger partial charge in [0.2, 0.25) is 10.0 Å². The third kappa shape index (κ3) is 3.58. The fourth-order valence-corrected chi connectivity index (χ4v) is 2.96. The first kappa shape index (κ1) is 16.2. The molecule has 1 aromatic rings. The number of sulfonamides is 1. The van der Waals surface area contributed by atoms with E-state index in [2.05, 4.69) is 6.58 Å². The van der Waals surface area contributed by atoms with E-state index in [1.54, 1.807) is 6.08 Å². The number of anilines is 1. The molecule has 0 heterocycles. The van der Waals surface area contributed by atoms with E-state index in [1.165, 1.54) is 23.5 Å². The van der Waals surface area contributed by atoms with Crippen LogP contribution in [-0.4, -0.2) is 37.4 Å². The number of aromatic carboxylic acids is 1. The van der Waals surface area contributed by atoms with Gasteiger partial charge in [-0.3, -0.25) is 0 Å². The lowest BCUT2D eigenvalue weighted by Crippen LogP contribution is -2.28. The van der Waals surface area contributed by atoms with Crippen molar-refractivity contribution in [1.82, 2.24) is 4.31 Å². The van der Waals surface area contributed by atoms with Gasteiger partial charge in [0.15, 0.2) is 0 Å². The molecule has 6 nitrogen and oxygen atoms in total. The van der Waals surface area contributed by atoms with Crippen LogP contribution >= 0.6 is 0 Å². The molecule has 0 spiro atoms. The molecule has 0 aliphatic carbocycles. The number of benzene rings is 1. The Morgan fingerprint density at radius 1 is 1.50 bits per heavy atom. The smallest absolute Gasteiger partial charge is 0.335 e. The summed E-state index contributed by atoms with van der Waals surface area (Å²) in [7, 11) is -2.25. The molecule has 0 bridgehead atoms. The number of unbranched alkanes of at least 4 members (excludes halogenated alkanes) is 1. The number of nitrogen functional groups attached to an aromatic ring is 1. The third-order valence-corrected chi connectivity index (χ3v) is 4.76. The number of carboxylic acid groups (broad SMARTS) is 1.